The van der Waals surface area contributed by atoms with Crippen molar-refractivity contribution in [3.8, 4) is 0 Å². The van der Waals surface area contributed by atoms with Gasteiger partial charge in [0.05, 0.1) is 0 Å². The molecule has 0 spiro atoms. The van der Waals surface area contributed by atoms with E-state index in [0.717, 1.165) is 25.0 Å². The topological polar surface area (TPSA) is 17.1 Å². The molecular formula is C11H22OS. The van der Waals surface area contributed by atoms with Crippen LogP contribution < -0.4 is 0 Å². The molecule has 0 unspecified atom stereocenters. The van der Waals surface area contributed by atoms with Gasteiger partial charge in [-0.1, -0.05) is 32.6 Å². The fourth-order valence-electron chi connectivity index (χ4n) is 1.27. The highest BCUT2D eigenvalue weighted by Gasteiger charge is 2.00. The maximum Gasteiger partial charge on any atom is 0.133 e. The minimum absolute atomic E-state index is 0.450. The lowest BCUT2D eigenvalue weighted by Crippen LogP contribution is -1.98. The lowest BCUT2D eigenvalue weighted by atomic mass is 10.1. The molecule has 0 heterocycles. The molecule has 0 aromatic heterocycles. The summed E-state index contributed by atoms with van der Waals surface area (Å²) in [5.74, 6) is 1.44. The van der Waals surface area contributed by atoms with Gasteiger partial charge in [0.1, 0.15) is 5.78 Å². The van der Waals surface area contributed by atoms with E-state index >= 15 is 0 Å². The molecule has 2 heteroatoms. The molecule has 1 nitrogen and oxygen atoms in total. The number of unbranched alkanes of at least 4 members (excludes halogenated alkanes) is 4. The summed E-state index contributed by atoms with van der Waals surface area (Å²) in [6, 6.07) is 0. The van der Waals surface area contributed by atoms with Gasteiger partial charge in [-0.05, 0) is 18.4 Å². The molecule has 0 bridgehead atoms. The first kappa shape index (κ1) is 13.0. The van der Waals surface area contributed by atoms with E-state index in [-0.39, 0.29) is 0 Å². The van der Waals surface area contributed by atoms with Crippen LogP contribution in [0.4, 0.5) is 0 Å². The maximum absolute atomic E-state index is 11.2. The number of hydrogen-bond donors (Lipinski definition) is 0. The first-order valence-electron chi connectivity index (χ1n) is 5.32. The van der Waals surface area contributed by atoms with Gasteiger partial charge in [0, 0.05) is 12.8 Å². The molecule has 0 aromatic rings. The van der Waals surface area contributed by atoms with Gasteiger partial charge < -0.3 is 0 Å². The van der Waals surface area contributed by atoms with Gasteiger partial charge in [-0.3, -0.25) is 4.79 Å². The summed E-state index contributed by atoms with van der Waals surface area (Å²) >= 11 is 1.76. The number of ketones is 1. The van der Waals surface area contributed by atoms with E-state index < -0.39 is 0 Å². The molecule has 0 saturated heterocycles. The van der Waals surface area contributed by atoms with Gasteiger partial charge >= 0.3 is 0 Å². The molecule has 0 aromatic carbocycles. The van der Waals surface area contributed by atoms with Gasteiger partial charge in [-0.2, -0.15) is 11.8 Å². The molecule has 0 aliphatic carbocycles. The zero-order chi connectivity index (χ0) is 9.94. The molecule has 0 N–H and O–H groups in total. The summed E-state index contributed by atoms with van der Waals surface area (Å²) in [4.78, 5) is 11.2. The summed E-state index contributed by atoms with van der Waals surface area (Å²) in [7, 11) is 0. The summed E-state index contributed by atoms with van der Waals surface area (Å²) in [5.41, 5.74) is 0. The van der Waals surface area contributed by atoms with Gasteiger partial charge in [0.15, 0.2) is 0 Å². The Balaban J connectivity index is 3.08. The molecule has 13 heavy (non-hydrogen) atoms. The predicted octanol–water partition coefficient (Wildman–Crippen LogP) is 3.67. The van der Waals surface area contributed by atoms with Crippen molar-refractivity contribution >= 4 is 17.5 Å². The molecule has 0 aliphatic rings. The minimum Gasteiger partial charge on any atom is -0.300 e. The van der Waals surface area contributed by atoms with E-state index in [0.29, 0.717) is 5.78 Å². The van der Waals surface area contributed by atoms with E-state index in [4.69, 9.17) is 0 Å². The van der Waals surface area contributed by atoms with E-state index in [1.54, 1.807) is 11.8 Å². The molecule has 0 rings (SSSR count). The van der Waals surface area contributed by atoms with Gasteiger partial charge in [-0.25, -0.2) is 0 Å². The Hall–Kier alpha value is 0.0200. The Morgan fingerprint density at radius 1 is 1.08 bits per heavy atom. The quantitative estimate of drug-likeness (QED) is 0.531. The summed E-state index contributed by atoms with van der Waals surface area (Å²) < 4.78 is 0. The Labute approximate surface area is 86.7 Å². The van der Waals surface area contributed by atoms with E-state index in [1.807, 2.05) is 0 Å². The molecule has 0 amide bonds. The third kappa shape index (κ3) is 9.94. The number of Topliss-reactive ketones (excluding diaryl/α,β-unsaturated/α-hetero) is 1. The van der Waals surface area contributed by atoms with Crippen molar-refractivity contribution in [2.45, 2.75) is 51.9 Å². The van der Waals surface area contributed by atoms with Gasteiger partial charge in [0.25, 0.3) is 0 Å². The Morgan fingerprint density at radius 3 is 2.38 bits per heavy atom. The fourth-order valence-corrected chi connectivity index (χ4v) is 1.70. The molecule has 0 aliphatic heterocycles. The Bertz CT molecular complexity index is 123. The number of hydrogen-bond acceptors (Lipinski definition) is 2. The average molecular weight is 202 g/mol. The lowest BCUT2D eigenvalue weighted by molar-refractivity contribution is -0.118. The van der Waals surface area contributed by atoms with Gasteiger partial charge in [0.2, 0.25) is 0 Å². The minimum atomic E-state index is 0.450. The second-order valence-electron chi connectivity index (χ2n) is 3.45. The van der Waals surface area contributed by atoms with Crippen molar-refractivity contribution in [2.75, 3.05) is 12.0 Å². The highest BCUT2D eigenvalue weighted by Crippen LogP contribution is 2.07. The Kier molecular flexibility index (Phi) is 10.1. The molecule has 0 atom stereocenters. The zero-order valence-corrected chi connectivity index (χ0v) is 9.79. The largest absolute Gasteiger partial charge is 0.300 e. The monoisotopic (exact) mass is 202 g/mol. The summed E-state index contributed by atoms with van der Waals surface area (Å²) in [5, 5.41) is 0. The van der Waals surface area contributed by atoms with Crippen molar-refractivity contribution < 1.29 is 4.79 Å². The Morgan fingerprint density at radius 2 is 1.77 bits per heavy atom. The van der Waals surface area contributed by atoms with E-state index in [9.17, 15) is 4.79 Å². The maximum atomic E-state index is 11.2. The molecule has 0 fully saturated rings. The second kappa shape index (κ2) is 10.1. The number of carbonyl (C=O) groups excluding carboxylic acids is 1. The highest BCUT2D eigenvalue weighted by molar-refractivity contribution is 7.98. The normalized spacial score (nSPS) is 10.3. The van der Waals surface area contributed by atoms with Crippen LogP contribution >= 0.6 is 11.8 Å². The van der Waals surface area contributed by atoms with Crippen LogP contribution in [-0.4, -0.2) is 17.8 Å². The number of rotatable bonds is 9. The van der Waals surface area contributed by atoms with Crippen LogP contribution in [-0.2, 0) is 4.79 Å². The lowest BCUT2D eigenvalue weighted by Gasteiger charge is -1.99. The summed E-state index contributed by atoms with van der Waals surface area (Å²) in [6.45, 7) is 2.21. The molecule has 0 radical (unpaired) electrons. The van der Waals surface area contributed by atoms with Crippen LogP contribution in [0, 0.1) is 0 Å². The van der Waals surface area contributed by atoms with Crippen LogP contribution in [0.25, 0.3) is 0 Å². The summed E-state index contributed by atoms with van der Waals surface area (Å²) in [6.07, 6.45) is 9.87. The predicted molar refractivity (Wildman–Crippen MR) is 61.4 cm³/mol. The average Bonchev–Trinajstić information content (AvgIpc) is 2.14. The smallest absolute Gasteiger partial charge is 0.133 e. The van der Waals surface area contributed by atoms with Crippen LogP contribution in [0.1, 0.15) is 51.9 Å². The standard InChI is InChI=1S/C11H22OS/c1-3-4-5-6-7-8-11(12)9-10-13-2/h3-10H2,1-2H3. The fraction of sp³-hybridized carbons (Fsp3) is 0.909. The first-order chi connectivity index (χ1) is 6.31. The van der Waals surface area contributed by atoms with Crippen molar-refractivity contribution in [2.24, 2.45) is 0 Å². The van der Waals surface area contributed by atoms with Crippen LogP contribution in [0.3, 0.4) is 0 Å². The SMILES string of the molecule is CCCCCCCC(=O)CCSC. The van der Waals surface area contributed by atoms with Crippen molar-refractivity contribution in [1.29, 1.82) is 0 Å². The highest BCUT2D eigenvalue weighted by atomic mass is 32.2. The van der Waals surface area contributed by atoms with Crippen molar-refractivity contribution in [3.05, 3.63) is 0 Å². The van der Waals surface area contributed by atoms with E-state index in [2.05, 4.69) is 13.2 Å². The third-order valence-corrected chi connectivity index (χ3v) is 2.76. The van der Waals surface area contributed by atoms with E-state index in [1.165, 1.54) is 25.7 Å². The molecular weight excluding hydrogens is 180 g/mol. The van der Waals surface area contributed by atoms with Crippen molar-refractivity contribution in [3.63, 3.8) is 0 Å². The van der Waals surface area contributed by atoms with Crippen LogP contribution in [0.5, 0.6) is 0 Å². The van der Waals surface area contributed by atoms with Crippen LogP contribution in [0.2, 0.25) is 0 Å². The first-order valence-corrected chi connectivity index (χ1v) is 6.71. The second-order valence-corrected chi connectivity index (χ2v) is 4.43. The third-order valence-electron chi connectivity index (χ3n) is 2.14. The molecule has 78 valence electrons. The van der Waals surface area contributed by atoms with Crippen molar-refractivity contribution in [1.82, 2.24) is 0 Å². The van der Waals surface area contributed by atoms with Gasteiger partial charge in [-0.15, -0.1) is 0 Å². The number of thioether (sulfide) groups is 1. The van der Waals surface area contributed by atoms with Crippen LogP contribution in [0.15, 0.2) is 0 Å². The number of carbonyl (C=O) groups is 1. The zero-order valence-electron chi connectivity index (χ0n) is 8.97. The molecule has 0 saturated carbocycles.